The molecule has 0 bridgehead atoms. The Morgan fingerprint density at radius 2 is 1.92 bits per heavy atom. The maximum Gasteiger partial charge on any atom is 0.314 e. The average Bonchev–Trinajstić information content (AvgIpc) is 2.88. The van der Waals surface area contributed by atoms with Gasteiger partial charge in [0.15, 0.2) is 17.6 Å². The Bertz CT molecular complexity index is 884. The van der Waals surface area contributed by atoms with Gasteiger partial charge >= 0.3 is 5.69 Å². The molecule has 0 amide bonds. The van der Waals surface area contributed by atoms with Crippen molar-refractivity contribution in [2.24, 2.45) is 0 Å². The van der Waals surface area contributed by atoms with E-state index in [0.29, 0.717) is 22.6 Å². The number of ketones is 2. The highest BCUT2D eigenvalue weighted by molar-refractivity contribution is 6.04. The third-order valence-corrected chi connectivity index (χ3v) is 4.07. The van der Waals surface area contributed by atoms with Crippen LogP contribution < -0.4 is 9.47 Å². The molecule has 1 heterocycles. The molecule has 0 saturated heterocycles. The normalized spacial score (nSPS) is 11.7. The van der Waals surface area contributed by atoms with Gasteiger partial charge in [-0.05, 0) is 45.4 Å². The zero-order chi connectivity index (χ0) is 19.6. The smallest absolute Gasteiger partial charge is 0.314 e. The van der Waals surface area contributed by atoms with Crippen LogP contribution in [0.25, 0.3) is 0 Å². The SMILES string of the molecule is COc1ccc(O[C@@H](C)C(=O)c2[nH]c(C)c(C(C)=O)c2C)c([N+](=O)[O-])c1. The predicted molar refractivity (Wildman–Crippen MR) is 94.3 cm³/mol. The number of aromatic amines is 1. The molecule has 2 aromatic rings. The number of benzene rings is 1. The maximum absolute atomic E-state index is 12.7. The summed E-state index contributed by atoms with van der Waals surface area (Å²) >= 11 is 0. The van der Waals surface area contributed by atoms with Crippen molar-refractivity contribution in [1.29, 1.82) is 0 Å². The standard InChI is InChI=1S/C18H20N2O6/c1-9-16(11(3)21)10(2)19-17(9)18(22)12(4)26-15-7-6-13(25-5)8-14(15)20(23)24/h6-8,12,19H,1-5H3/t12-/m0/s1. The lowest BCUT2D eigenvalue weighted by Gasteiger charge is -2.14. The molecule has 0 radical (unpaired) electrons. The number of nitrogens with one attached hydrogen (secondary N) is 1. The number of H-pyrrole nitrogens is 1. The van der Waals surface area contributed by atoms with Crippen LogP contribution in [-0.4, -0.2) is 34.7 Å². The fraction of sp³-hybridized carbons (Fsp3) is 0.333. The number of hydrogen-bond donors (Lipinski definition) is 1. The Morgan fingerprint density at radius 3 is 2.42 bits per heavy atom. The van der Waals surface area contributed by atoms with Gasteiger partial charge in [-0.3, -0.25) is 19.7 Å². The minimum Gasteiger partial charge on any atom is -0.496 e. The lowest BCUT2D eigenvalue weighted by Crippen LogP contribution is -2.25. The first kappa shape index (κ1) is 19.2. The summed E-state index contributed by atoms with van der Waals surface area (Å²) in [5.41, 5.74) is 1.57. The van der Waals surface area contributed by atoms with Crippen LogP contribution >= 0.6 is 0 Å². The molecule has 0 aliphatic rings. The lowest BCUT2D eigenvalue weighted by atomic mass is 10.0. The van der Waals surface area contributed by atoms with Crippen molar-refractivity contribution < 1.29 is 24.0 Å². The zero-order valence-electron chi connectivity index (χ0n) is 15.2. The first-order valence-electron chi connectivity index (χ1n) is 7.90. The van der Waals surface area contributed by atoms with Crippen molar-refractivity contribution in [1.82, 2.24) is 4.98 Å². The largest absolute Gasteiger partial charge is 0.496 e. The van der Waals surface area contributed by atoms with Crippen molar-refractivity contribution in [3.05, 3.63) is 50.8 Å². The number of Topliss-reactive ketones (excluding diaryl/α,β-unsaturated/α-hetero) is 2. The van der Waals surface area contributed by atoms with Crippen LogP contribution in [0.15, 0.2) is 18.2 Å². The fourth-order valence-corrected chi connectivity index (χ4v) is 2.84. The third kappa shape index (κ3) is 3.58. The number of nitrogens with zero attached hydrogens (tertiary/aromatic N) is 1. The number of methoxy groups -OCH3 is 1. The summed E-state index contributed by atoms with van der Waals surface area (Å²) in [5, 5.41) is 11.2. The van der Waals surface area contributed by atoms with Gasteiger partial charge in [0, 0.05) is 11.3 Å². The van der Waals surface area contributed by atoms with E-state index in [4.69, 9.17) is 9.47 Å². The summed E-state index contributed by atoms with van der Waals surface area (Å²) in [7, 11) is 1.40. The highest BCUT2D eigenvalue weighted by Gasteiger charge is 2.27. The summed E-state index contributed by atoms with van der Waals surface area (Å²) in [4.78, 5) is 38.0. The van der Waals surface area contributed by atoms with E-state index in [-0.39, 0.29) is 22.9 Å². The Morgan fingerprint density at radius 1 is 1.27 bits per heavy atom. The molecule has 0 aliphatic heterocycles. The summed E-state index contributed by atoms with van der Waals surface area (Å²) in [6.07, 6.45) is -0.987. The second-order valence-corrected chi connectivity index (χ2v) is 5.90. The topological polar surface area (TPSA) is 112 Å². The van der Waals surface area contributed by atoms with E-state index in [2.05, 4.69) is 4.98 Å². The number of carbonyl (C=O) groups excluding carboxylic acids is 2. The highest BCUT2D eigenvalue weighted by atomic mass is 16.6. The van der Waals surface area contributed by atoms with Crippen molar-refractivity contribution in [3.8, 4) is 11.5 Å². The van der Waals surface area contributed by atoms with Crippen LogP contribution in [0.3, 0.4) is 0 Å². The summed E-state index contributed by atoms with van der Waals surface area (Å²) < 4.78 is 10.5. The number of nitro groups is 1. The molecular formula is C18H20N2O6. The van der Waals surface area contributed by atoms with Crippen LogP contribution in [0, 0.1) is 24.0 Å². The molecular weight excluding hydrogens is 340 g/mol. The minimum atomic E-state index is -0.987. The van der Waals surface area contributed by atoms with Crippen LogP contribution in [0.1, 0.15) is 46.0 Å². The van der Waals surface area contributed by atoms with Crippen LogP contribution in [0.5, 0.6) is 11.5 Å². The van der Waals surface area contributed by atoms with Gasteiger partial charge in [0.25, 0.3) is 0 Å². The van der Waals surface area contributed by atoms with Gasteiger partial charge in [-0.1, -0.05) is 0 Å². The second-order valence-electron chi connectivity index (χ2n) is 5.90. The number of aromatic nitrogens is 1. The summed E-state index contributed by atoms with van der Waals surface area (Å²) in [6.45, 7) is 6.31. The number of aryl methyl sites for hydroxylation is 1. The van der Waals surface area contributed by atoms with Gasteiger partial charge in [-0.2, -0.15) is 0 Å². The molecule has 8 nitrogen and oxygen atoms in total. The molecule has 0 saturated carbocycles. The summed E-state index contributed by atoms with van der Waals surface area (Å²) in [5.74, 6) is -0.271. The molecule has 0 aliphatic carbocycles. The van der Waals surface area contributed by atoms with Crippen LogP contribution in [0.2, 0.25) is 0 Å². The molecule has 1 aromatic heterocycles. The van der Waals surface area contributed by atoms with Gasteiger partial charge in [-0.25, -0.2) is 0 Å². The Kier molecular flexibility index (Phi) is 5.44. The monoisotopic (exact) mass is 360 g/mol. The highest BCUT2D eigenvalue weighted by Crippen LogP contribution is 2.32. The van der Waals surface area contributed by atoms with Crippen molar-refractivity contribution >= 4 is 17.3 Å². The van der Waals surface area contributed by atoms with E-state index in [1.807, 2.05) is 0 Å². The van der Waals surface area contributed by atoms with E-state index in [9.17, 15) is 19.7 Å². The number of rotatable bonds is 7. The van der Waals surface area contributed by atoms with Gasteiger partial charge in [-0.15, -0.1) is 0 Å². The van der Waals surface area contributed by atoms with Crippen molar-refractivity contribution in [2.45, 2.75) is 33.8 Å². The van der Waals surface area contributed by atoms with Gasteiger partial charge in [0.2, 0.25) is 5.78 Å². The third-order valence-electron chi connectivity index (χ3n) is 4.07. The number of hydrogen-bond acceptors (Lipinski definition) is 6. The van der Waals surface area contributed by atoms with E-state index >= 15 is 0 Å². The number of nitro benzene ring substituents is 1. The van der Waals surface area contributed by atoms with Gasteiger partial charge in [0.05, 0.1) is 23.8 Å². The minimum absolute atomic E-state index is 0.0376. The van der Waals surface area contributed by atoms with Crippen LogP contribution in [-0.2, 0) is 0 Å². The van der Waals surface area contributed by atoms with Crippen LogP contribution in [0.4, 0.5) is 5.69 Å². The molecule has 2 rings (SSSR count). The molecule has 1 aromatic carbocycles. The van der Waals surface area contributed by atoms with Gasteiger partial charge in [0.1, 0.15) is 5.75 Å². The Balaban J connectivity index is 2.32. The predicted octanol–water partition coefficient (Wildman–Crippen LogP) is 3.40. The summed E-state index contributed by atoms with van der Waals surface area (Å²) in [6, 6.07) is 4.12. The molecule has 8 heteroatoms. The molecule has 0 unspecified atom stereocenters. The fourth-order valence-electron chi connectivity index (χ4n) is 2.84. The first-order valence-corrected chi connectivity index (χ1v) is 7.90. The molecule has 1 N–H and O–H groups in total. The number of carbonyl (C=O) groups is 2. The van der Waals surface area contributed by atoms with Gasteiger partial charge < -0.3 is 14.5 Å². The lowest BCUT2D eigenvalue weighted by molar-refractivity contribution is -0.386. The first-order chi connectivity index (χ1) is 12.2. The van der Waals surface area contributed by atoms with Crippen molar-refractivity contribution in [3.63, 3.8) is 0 Å². The van der Waals surface area contributed by atoms with E-state index in [1.54, 1.807) is 13.8 Å². The molecule has 26 heavy (non-hydrogen) atoms. The van der Waals surface area contributed by atoms with E-state index in [0.717, 1.165) is 0 Å². The van der Waals surface area contributed by atoms with E-state index < -0.39 is 16.8 Å². The quantitative estimate of drug-likeness (QED) is 0.460. The molecule has 0 fully saturated rings. The second kappa shape index (κ2) is 7.38. The molecule has 0 spiro atoms. The van der Waals surface area contributed by atoms with E-state index in [1.165, 1.54) is 39.2 Å². The average molecular weight is 360 g/mol. The zero-order valence-corrected chi connectivity index (χ0v) is 15.2. The molecule has 1 atom stereocenters. The Labute approximate surface area is 150 Å². The Hall–Kier alpha value is -3.16. The number of ether oxygens (including phenoxy) is 2. The maximum atomic E-state index is 12.7. The molecule has 138 valence electrons. The van der Waals surface area contributed by atoms with Crippen molar-refractivity contribution in [2.75, 3.05) is 7.11 Å².